The van der Waals surface area contributed by atoms with E-state index in [9.17, 15) is 18.0 Å². The molecule has 0 spiro atoms. The minimum Gasteiger partial charge on any atom is -0.449 e. The van der Waals surface area contributed by atoms with Gasteiger partial charge < -0.3 is 10.5 Å². The maximum absolute atomic E-state index is 12.8. The van der Waals surface area contributed by atoms with Crippen molar-refractivity contribution in [2.24, 2.45) is 5.73 Å². The number of piperidine rings is 1. The maximum Gasteiger partial charge on any atom is 0.340 e. The van der Waals surface area contributed by atoms with Crippen LogP contribution in [0.15, 0.2) is 29.2 Å². The summed E-state index contributed by atoms with van der Waals surface area (Å²) in [5.74, 6) is -1.68. The maximum atomic E-state index is 12.8. The van der Waals surface area contributed by atoms with Crippen molar-refractivity contribution in [3.8, 4) is 0 Å². The molecule has 1 amide bonds. The molecular formula is C15H20N2O5S. The molecule has 8 heteroatoms. The van der Waals surface area contributed by atoms with Gasteiger partial charge in [0.15, 0.2) is 6.10 Å². The molecule has 1 aromatic carbocycles. The number of sulfonamides is 1. The Labute approximate surface area is 135 Å². The summed E-state index contributed by atoms with van der Waals surface area (Å²) >= 11 is 0. The molecule has 0 unspecified atom stereocenters. The minimum absolute atomic E-state index is 0.0915. The summed E-state index contributed by atoms with van der Waals surface area (Å²) < 4.78 is 31.8. The number of nitrogens with zero attached hydrogens (tertiary/aromatic N) is 1. The summed E-state index contributed by atoms with van der Waals surface area (Å²) in [6, 6.07) is 5.83. The van der Waals surface area contributed by atoms with Crippen LogP contribution in [0.2, 0.25) is 0 Å². The van der Waals surface area contributed by atoms with Crippen molar-refractivity contribution in [1.29, 1.82) is 0 Å². The highest BCUT2D eigenvalue weighted by atomic mass is 32.2. The number of carbonyl (C=O) groups excluding carboxylic acids is 2. The first-order chi connectivity index (χ1) is 10.8. The molecule has 0 radical (unpaired) electrons. The molecule has 1 aliphatic heterocycles. The van der Waals surface area contributed by atoms with E-state index in [1.807, 2.05) is 0 Å². The van der Waals surface area contributed by atoms with Crippen LogP contribution in [-0.4, -0.2) is 43.8 Å². The van der Waals surface area contributed by atoms with E-state index in [0.29, 0.717) is 13.1 Å². The van der Waals surface area contributed by atoms with Crippen LogP contribution in [0, 0.1) is 0 Å². The summed E-state index contributed by atoms with van der Waals surface area (Å²) in [7, 11) is -3.78. The number of amides is 1. The second-order valence-corrected chi connectivity index (χ2v) is 7.32. The molecule has 0 aromatic heterocycles. The molecule has 1 saturated heterocycles. The van der Waals surface area contributed by atoms with Crippen molar-refractivity contribution in [3.63, 3.8) is 0 Å². The molecule has 2 rings (SSSR count). The first-order valence-corrected chi connectivity index (χ1v) is 8.87. The molecule has 1 atom stereocenters. The van der Waals surface area contributed by atoms with Gasteiger partial charge in [-0.05, 0) is 31.9 Å². The Morgan fingerprint density at radius 2 is 1.78 bits per heavy atom. The van der Waals surface area contributed by atoms with Gasteiger partial charge in [-0.3, -0.25) is 4.79 Å². The molecule has 1 heterocycles. The molecule has 0 bridgehead atoms. The second-order valence-electron chi connectivity index (χ2n) is 5.41. The third kappa shape index (κ3) is 3.89. The Kier molecular flexibility index (Phi) is 5.38. The number of hydrogen-bond donors (Lipinski definition) is 1. The van der Waals surface area contributed by atoms with Crippen molar-refractivity contribution in [3.05, 3.63) is 29.8 Å². The zero-order valence-electron chi connectivity index (χ0n) is 12.9. The van der Waals surface area contributed by atoms with E-state index in [2.05, 4.69) is 0 Å². The lowest BCUT2D eigenvalue weighted by Gasteiger charge is -2.26. The van der Waals surface area contributed by atoms with Crippen LogP contribution >= 0.6 is 0 Å². The molecule has 2 N–H and O–H groups in total. The van der Waals surface area contributed by atoms with Crippen molar-refractivity contribution >= 4 is 21.9 Å². The van der Waals surface area contributed by atoms with E-state index in [-0.39, 0.29) is 10.5 Å². The van der Waals surface area contributed by atoms with Gasteiger partial charge in [-0.25, -0.2) is 13.2 Å². The summed E-state index contributed by atoms with van der Waals surface area (Å²) in [5.41, 5.74) is 4.97. The zero-order chi connectivity index (χ0) is 17.0. The van der Waals surface area contributed by atoms with Gasteiger partial charge in [-0.1, -0.05) is 18.6 Å². The first-order valence-electron chi connectivity index (χ1n) is 7.43. The van der Waals surface area contributed by atoms with Crippen molar-refractivity contribution in [1.82, 2.24) is 4.31 Å². The van der Waals surface area contributed by atoms with E-state index in [1.54, 1.807) is 12.1 Å². The number of esters is 1. The fraction of sp³-hybridized carbons (Fsp3) is 0.467. The fourth-order valence-corrected chi connectivity index (χ4v) is 4.08. The highest BCUT2D eigenvalue weighted by Gasteiger charge is 2.30. The summed E-state index contributed by atoms with van der Waals surface area (Å²) in [5, 5.41) is 0. The van der Waals surface area contributed by atoms with Gasteiger partial charge in [0.25, 0.3) is 5.91 Å². The van der Waals surface area contributed by atoms with Crippen LogP contribution < -0.4 is 5.73 Å². The first kappa shape index (κ1) is 17.4. The number of nitrogens with two attached hydrogens (primary N) is 1. The van der Waals surface area contributed by atoms with Crippen LogP contribution in [0.25, 0.3) is 0 Å². The van der Waals surface area contributed by atoms with Gasteiger partial charge in [-0.2, -0.15) is 4.31 Å². The smallest absolute Gasteiger partial charge is 0.340 e. The minimum atomic E-state index is -3.78. The lowest BCUT2D eigenvalue weighted by atomic mass is 10.2. The summed E-state index contributed by atoms with van der Waals surface area (Å²) in [6.45, 7) is 2.20. The Morgan fingerprint density at radius 1 is 1.17 bits per heavy atom. The lowest BCUT2D eigenvalue weighted by Crippen LogP contribution is -2.36. The normalized spacial score (nSPS) is 17.4. The molecule has 23 heavy (non-hydrogen) atoms. The van der Waals surface area contributed by atoms with Crippen LogP contribution in [0.3, 0.4) is 0 Å². The van der Waals surface area contributed by atoms with E-state index in [0.717, 1.165) is 19.3 Å². The van der Waals surface area contributed by atoms with Gasteiger partial charge in [0.2, 0.25) is 10.0 Å². The van der Waals surface area contributed by atoms with Crippen LogP contribution in [-0.2, 0) is 19.6 Å². The van der Waals surface area contributed by atoms with Crippen LogP contribution in [0.4, 0.5) is 0 Å². The van der Waals surface area contributed by atoms with Gasteiger partial charge in [-0.15, -0.1) is 0 Å². The number of rotatable bonds is 5. The Balaban J connectivity index is 2.33. The second kappa shape index (κ2) is 7.10. The molecule has 0 saturated carbocycles. The molecule has 7 nitrogen and oxygen atoms in total. The predicted molar refractivity (Wildman–Crippen MR) is 83.1 cm³/mol. The molecule has 1 fully saturated rings. The standard InChI is InChI=1S/C15H20N2O5S/c1-11(14(16)18)22-15(19)12-7-3-4-8-13(12)23(20,21)17-9-5-2-6-10-17/h3-4,7-8,11H,2,5-6,9-10H2,1H3,(H2,16,18)/t11-/m0/s1. The van der Waals surface area contributed by atoms with Crippen LogP contribution in [0.1, 0.15) is 36.5 Å². The molecule has 0 aliphatic carbocycles. The van der Waals surface area contributed by atoms with E-state index >= 15 is 0 Å². The number of primary amides is 1. The quantitative estimate of drug-likeness (QED) is 0.801. The third-order valence-electron chi connectivity index (χ3n) is 3.72. The van der Waals surface area contributed by atoms with Crippen molar-refractivity contribution < 1.29 is 22.7 Å². The number of ether oxygens (including phenoxy) is 1. The van der Waals surface area contributed by atoms with E-state index in [1.165, 1.54) is 23.4 Å². The number of hydrogen-bond acceptors (Lipinski definition) is 5. The van der Waals surface area contributed by atoms with E-state index < -0.39 is 28.0 Å². The van der Waals surface area contributed by atoms with Gasteiger partial charge in [0.1, 0.15) is 0 Å². The van der Waals surface area contributed by atoms with Gasteiger partial charge in [0.05, 0.1) is 10.5 Å². The molecule has 1 aromatic rings. The number of carbonyl (C=O) groups is 2. The average Bonchev–Trinajstić information content (AvgIpc) is 2.55. The van der Waals surface area contributed by atoms with Crippen LogP contribution in [0.5, 0.6) is 0 Å². The zero-order valence-corrected chi connectivity index (χ0v) is 13.7. The molecule has 1 aliphatic rings. The molecular weight excluding hydrogens is 320 g/mol. The van der Waals surface area contributed by atoms with Crippen molar-refractivity contribution in [2.45, 2.75) is 37.2 Å². The van der Waals surface area contributed by atoms with Crippen molar-refractivity contribution in [2.75, 3.05) is 13.1 Å². The van der Waals surface area contributed by atoms with E-state index in [4.69, 9.17) is 10.5 Å². The average molecular weight is 340 g/mol. The van der Waals surface area contributed by atoms with Gasteiger partial charge in [0, 0.05) is 13.1 Å². The topological polar surface area (TPSA) is 107 Å². The Hall–Kier alpha value is -1.93. The highest BCUT2D eigenvalue weighted by Crippen LogP contribution is 2.24. The Morgan fingerprint density at radius 3 is 2.39 bits per heavy atom. The monoisotopic (exact) mass is 340 g/mol. The number of benzene rings is 1. The fourth-order valence-electron chi connectivity index (χ4n) is 2.39. The lowest BCUT2D eigenvalue weighted by molar-refractivity contribution is -0.125. The third-order valence-corrected chi connectivity index (χ3v) is 5.68. The highest BCUT2D eigenvalue weighted by molar-refractivity contribution is 7.89. The molecule has 126 valence electrons. The summed E-state index contributed by atoms with van der Waals surface area (Å²) in [4.78, 5) is 23.1. The van der Waals surface area contributed by atoms with Gasteiger partial charge >= 0.3 is 5.97 Å². The largest absolute Gasteiger partial charge is 0.449 e. The SMILES string of the molecule is C[C@H](OC(=O)c1ccccc1S(=O)(=O)N1CCCCC1)C(N)=O. The Bertz CT molecular complexity index is 696. The summed E-state index contributed by atoms with van der Waals surface area (Å²) in [6.07, 6.45) is 1.45. The predicted octanol–water partition coefficient (Wildman–Crippen LogP) is 0.892.